The molecule has 726 valence electrons. The van der Waals surface area contributed by atoms with E-state index in [2.05, 4.69) is 160 Å². The Morgan fingerprint density at radius 2 is 0.669 bits per heavy atom. The van der Waals surface area contributed by atoms with Crippen molar-refractivity contribution in [2.45, 2.75) is 142 Å². The zero-order valence-electron chi connectivity index (χ0n) is 77.9. The van der Waals surface area contributed by atoms with Gasteiger partial charge in [-0.1, -0.05) is 39.0 Å². The number of Topliss-reactive ketones (excluding diaryl/α,β-unsaturated/α-hetero) is 6. The lowest BCUT2D eigenvalue weighted by Gasteiger charge is -2.34. The maximum absolute atomic E-state index is 13.4. The van der Waals surface area contributed by atoms with E-state index in [9.17, 15) is 67.0 Å². The molecule has 12 aliphatic heterocycles. The summed E-state index contributed by atoms with van der Waals surface area (Å²) in [7, 11) is 4.22. The Kier molecular flexibility index (Phi) is 35.6. The SMILES string of the molecule is CC1CC(C)CN(c2nccc(/C=C3\SC(=O)CC3=O)n2)C1.CC1CCN(c2nccc(/C=C3\SC(=O)CC3=O)n2)CC1.CN(C)CC1CCN(c2nccc(/C=C3\SC(=O)CC3=O)n2)CC1.O=C1CC(=O)/C(=C/c2ccnc(N3CCC(CO)CC3)n2)S1.O=C1CC(=O)/C(=C/c2ccnc(N3CCC(c4c[nH]c5ccccc45)CC3)n2)S1.O=C1CC(=O)/C(=C/c2ccnc(N3CCCC(F)C3)n2)S1. The number of para-hydroxylation sites is 1. The number of aromatic nitrogens is 13. The molecule has 12 saturated heterocycles. The number of anilines is 6. The first-order valence-corrected chi connectivity index (χ1v) is 51.6. The molecule has 3 unspecified atom stereocenters. The molecule has 0 saturated carbocycles. The van der Waals surface area contributed by atoms with Crippen LogP contribution in [-0.4, -0.2) is 252 Å². The summed E-state index contributed by atoms with van der Waals surface area (Å²) in [4.78, 5) is 212. The summed E-state index contributed by atoms with van der Waals surface area (Å²) in [5, 5.41) is 9.85. The summed E-state index contributed by atoms with van der Waals surface area (Å²) in [5.41, 5.74) is 6.49. The highest BCUT2D eigenvalue weighted by molar-refractivity contribution is 8.20. The maximum atomic E-state index is 13.4. The minimum absolute atomic E-state index is 0.00153. The van der Waals surface area contributed by atoms with Crippen molar-refractivity contribution in [2.24, 2.45) is 29.6 Å². The van der Waals surface area contributed by atoms with Gasteiger partial charge in [0.1, 0.15) is 6.17 Å². The van der Waals surface area contributed by atoms with E-state index in [-0.39, 0.29) is 111 Å². The molecule has 3 atom stereocenters. The predicted molar refractivity (Wildman–Crippen MR) is 543 cm³/mol. The summed E-state index contributed by atoms with van der Waals surface area (Å²) >= 11 is 5.97. The van der Waals surface area contributed by atoms with E-state index in [1.807, 2.05) is 4.90 Å². The molecule has 0 radical (unpaired) electrons. The fraction of sp³-hybridized carbons (Fsp3) is 0.434. The van der Waals surface area contributed by atoms with Crippen molar-refractivity contribution in [3.05, 3.63) is 173 Å². The van der Waals surface area contributed by atoms with Gasteiger partial charge in [0, 0.05) is 139 Å². The number of ketones is 6. The molecule has 33 nitrogen and oxygen atoms in total. The second kappa shape index (κ2) is 48.6. The Morgan fingerprint density at radius 3 is 0.978 bits per heavy atom. The minimum atomic E-state index is -0.853. The van der Waals surface area contributed by atoms with Crippen molar-refractivity contribution in [1.82, 2.24) is 69.7 Å². The molecule has 20 rings (SSSR count). The summed E-state index contributed by atoms with van der Waals surface area (Å²) in [6, 6.07) is 18.9. The second-order valence-electron chi connectivity index (χ2n) is 36.2. The molecule has 40 heteroatoms. The van der Waals surface area contributed by atoms with Crippen molar-refractivity contribution in [1.29, 1.82) is 0 Å². The maximum Gasteiger partial charge on any atom is 0.225 e. The Morgan fingerprint density at radius 1 is 0.367 bits per heavy atom. The fourth-order valence-electron chi connectivity index (χ4n) is 17.7. The number of nitrogens with one attached hydrogen (secondary N) is 1. The number of piperidine rings is 6. The number of aliphatic hydroxyl groups is 1. The lowest BCUT2D eigenvalue weighted by atomic mass is 9.89. The highest BCUT2D eigenvalue weighted by Gasteiger charge is 2.35. The number of halogens is 1. The third kappa shape index (κ3) is 28.9. The number of nitrogens with zero attached hydrogens (tertiary/aromatic N) is 19. The Balaban J connectivity index is 0.000000127. The Hall–Kier alpha value is -11.5. The van der Waals surface area contributed by atoms with Gasteiger partial charge in [0.15, 0.2) is 34.7 Å². The fourth-order valence-corrected chi connectivity index (χ4v) is 22.6. The van der Waals surface area contributed by atoms with E-state index in [1.54, 1.807) is 110 Å². The van der Waals surface area contributed by atoms with Crippen LogP contribution in [0.25, 0.3) is 47.4 Å². The molecule has 139 heavy (non-hydrogen) atoms. The zero-order valence-corrected chi connectivity index (χ0v) is 82.8. The standard InChI is InChI=1S/C22H20N4O2S.C17H22N4O2S.C16H19N3O2S.C15H17N3O3S.C15H17N3O2S.C14H14FN3O2S/c27-19-12-21(28)29-20(19)11-15-5-8-23-22(25-15)26-9-6-14(7-10-26)17-13-24-18-4-2-1-3-16(17)18;1-20(2)11-12-4-7-21(8-5-12)17-18-6-3-13(19-17)9-15-14(22)10-16(23)24-15;1-10-5-11(2)9-19(8-10)16-17-4-3-12(18-16)6-14-13(20)7-15(21)22-14;19-9-10-2-5-18(6-3-10)15-16-4-1-11(17-15)7-13-12(20)8-14(21)22-13;1-10-3-6-18(7-4-10)15-16-5-2-11(17-15)8-13-12(19)9-14(20)21-13;15-9-2-1-5-18(8-9)14-16-4-3-10(17-14)6-12-11(19)7-13(20)21-12/h1-5,8,11,13-14,24H,6-7,9-10,12H2;3,6,9,12H,4-5,7-8,10-11H2,1-2H3;3-4,6,10-11H,5,7-9H2,1-2H3;1,4,7,10,19H,2-3,5-6,8-9H2;2,5,8,10H,3-4,6-7,9H2,1H3;3-4,6,9H,1-2,5,7-8H2/b20-11-;15-9-;14-6-;13-7-;13-8-;12-6-. The highest BCUT2D eigenvalue weighted by Crippen LogP contribution is 2.40. The largest absolute Gasteiger partial charge is 0.396 e. The van der Waals surface area contributed by atoms with Crippen molar-refractivity contribution in [2.75, 3.05) is 135 Å². The molecular formula is C99H109FN20O13S6. The van der Waals surface area contributed by atoms with Crippen LogP contribution in [0.3, 0.4) is 0 Å². The number of H-pyrrole nitrogens is 1. The number of thioether (sulfide) groups is 6. The summed E-state index contributed by atoms with van der Waals surface area (Å²) in [6.45, 7) is 18.3. The van der Waals surface area contributed by atoms with Gasteiger partial charge in [-0.15, -0.1) is 0 Å². The summed E-state index contributed by atoms with van der Waals surface area (Å²) in [5.74, 6) is 6.71. The number of hydrogen-bond acceptors (Lipinski definition) is 38. The van der Waals surface area contributed by atoms with E-state index >= 15 is 0 Å². The van der Waals surface area contributed by atoms with Gasteiger partial charge in [0.25, 0.3) is 0 Å². The van der Waals surface area contributed by atoms with E-state index < -0.39 is 6.17 Å². The highest BCUT2D eigenvalue weighted by atomic mass is 32.2. The molecule has 7 aromatic heterocycles. The lowest BCUT2D eigenvalue weighted by Crippen LogP contribution is -2.39. The topological polar surface area (TPSA) is 418 Å². The number of alkyl halides is 1. The van der Waals surface area contributed by atoms with Crippen molar-refractivity contribution < 1.29 is 67.0 Å². The average Bonchev–Trinajstić information content (AvgIpc) is 1.70. The van der Waals surface area contributed by atoms with E-state index in [4.69, 9.17) is 0 Å². The van der Waals surface area contributed by atoms with Gasteiger partial charge in [-0.2, -0.15) is 0 Å². The van der Waals surface area contributed by atoms with E-state index in [0.717, 1.165) is 219 Å². The van der Waals surface area contributed by atoms with Crippen LogP contribution < -0.4 is 29.4 Å². The average molecular weight is 2000 g/mol. The predicted octanol–water partition coefficient (Wildman–Crippen LogP) is 13.8. The van der Waals surface area contributed by atoms with Crippen LogP contribution in [0.5, 0.6) is 0 Å². The molecule has 0 aliphatic carbocycles. The van der Waals surface area contributed by atoms with Gasteiger partial charge in [0.2, 0.25) is 66.4 Å². The molecule has 12 aliphatic rings. The van der Waals surface area contributed by atoms with Crippen LogP contribution in [0, 0.1) is 29.6 Å². The normalized spacial score (nSPS) is 22.7. The minimum Gasteiger partial charge on any atom is -0.396 e. The van der Waals surface area contributed by atoms with Gasteiger partial charge in [-0.05, 0) is 275 Å². The zero-order chi connectivity index (χ0) is 97.8. The van der Waals surface area contributed by atoms with E-state index in [0.29, 0.717) is 136 Å². The number of hydrogen-bond donors (Lipinski definition) is 2. The number of fused-ring (bicyclic) bond motifs is 1. The van der Waals surface area contributed by atoms with Crippen LogP contribution in [-0.2, 0) is 57.5 Å². The van der Waals surface area contributed by atoms with Crippen molar-refractivity contribution in [3.63, 3.8) is 0 Å². The number of carbonyl (C=O) groups is 12. The van der Waals surface area contributed by atoms with Gasteiger partial charge in [0.05, 0.1) is 109 Å². The monoisotopic (exact) mass is 2000 g/mol. The molecule has 2 N–H and O–H groups in total. The van der Waals surface area contributed by atoms with Gasteiger partial charge >= 0.3 is 0 Å². The molecule has 8 aromatic rings. The molecular weight excluding hydrogens is 1890 g/mol. The number of carbonyl (C=O) groups excluding carboxylic acids is 12. The summed E-state index contributed by atoms with van der Waals surface area (Å²) in [6.07, 6.45) is 32.4. The third-order valence-electron chi connectivity index (χ3n) is 24.9. The van der Waals surface area contributed by atoms with Gasteiger partial charge < -0.3 is 44.4 Å². The van der Waals surface area contributed by atoms with Crippen molar-refractivity contribution in [3.8, 4) is 0 Å². The van der Waals surface area contributed by atoms with Crippen molar-refractivity contribution >= 4 is 219 Å². The first kappa shape index (κ1) is 102. The molecule has 12 fully saturated rings. The van der Waals surface area contributed by atoms with Crippen LogP contribution in [0.4, 0.5) is 40.1 Å². The third-order valence-corrected chi connectivity index (χ3v) is 30.5. The molecule has 0 bridgehead atoms. The quantitative estimate of drug-likeness (QED) is 0.0670. The van der Waals surface area contributed by atoms with E-state index in [1.165, 1.54) is 22.9 Å². The van der Waals surface area contributed by atoms with Crippen LogP contribution in [0.2, 0.25) is 0 Å². The number of allylic oxidation sites excluding steroid dienone is 6. The summed E-state index contributed by atoms with van der Waals surface area (Å²) < 4.78 is 13.4. The van der Waals surface area contributed by atoms with Gasteiger partial charge in [-0.25, -0.2) is 64.2 Å². The van der Waals surface area contributed by atoms with Crippen LogP contribution in [0.15, 0.2) is 133 Å². The number of rotatable bonds is 16. The second-order valence-corrected chi connectivity index (χ2v) is 42.8. The smallest absolute Gasteiger partial charge is 0.225 e. The Bertz CT molecular complexity index is 6150. The molecule has 0 spiro atoms. The molecule has 19 heterocycles. The van der Waals surface area contributed by atoms with Crippen LogP contribution >= 0.6 is 70.6 Å². The molecule has 1 aromatic carbocycles. The van der Waals surface area contributed by atoms with Gasteiger partial charge in [-0.3, -0.25) is 57.5 Å². The Labute approximate surface area is 830 Å². The molecule has 0 amide bonds. The first-order chi connectivity index (χ1) is 67.1. The van der Waals surface area contributed by atoms with Crippen LogP contribution in [0.1, 0.15) is 176 Å². The number of aliphatic hydroxyl groups excluding tert-OH is 1. The lowest BCUT2D eigenvalue weighted by molar-refractivity contribution is -0.120. The number of benzene rings is 1. The number of aromatic amines is 1. The first-order valence-electron chi connectivity index (χ1n) is 46.8.